The van der Waals surface area contributed by atoms with E-state index in [2.05, 4.69) is 28.8 Å². The highest BCUT2D eigenvalue weighted by atomic mass is 32.2. The number of hydrogen-bond donors (Lipinski definition) is 2. The lowest BCUT2D eigenvalue weighted by atomic mass is 10.1. The van der Waals surface area contributed by atoms with Gasteiger partial charge in [0.15, 0.2) is 0 Å². The van der Waals surface area contributed by atoms with Gasteiger partial charge in [0, 0.05) is 12.6 Å². The molecule has 0 radical (unpaired) electrons. The molecular weight excluding hydrogens is 348 g/mol. The maximum Gasteiger partial charge on any atom is 0.252 e. The first-order chi connectivity index (χ1) is 12.5. The van der Waals surface area contributed by atoms with Crippen LogP contribution in [0.15, 0.2) is 53.4 Å². The van der Waals surface area contributed by atoms with Crippen LogP contribution in [0.3, 0.4) is 0 Å². The molecule has 6 heteroatoms. The molecule has 0 aliphatic carbocycles. The smallest absolute Gasteiger partial charge is 0.252 e. The van der Waals surface area contributed by atoms with E-state index in [9.17, 15) is 13.2 Å². The molecule has 1 amide bonds. The van der Waals surface area contributed by atoms with Gasteiger partial charge in [-0.3, -0.25) is 4.79 Å². The summed E-state index contributed by atoms with van der Waals surface area (Å²) in [4.78, 5) is 12.0. The molecule has 0 saturated heterocycles. The van der Waals surface area contributed by atoms with Crippen LogP contribution in [0.4, 0.5) is 0 Å². The first kappa shape index (κ1) is 19.7. The largest absolute Gasteiger partial charge is 0.355 e. The van der Waals surface area contributed by atoms with Gasteiger partial charge >= 0.3 is 0 Å². The predicted octanol–water partition coefficient (Wildman–Crippen LogP) is 2.33. The second-order valence-corrected chi connectivity index (χ2v) is 7.41. The number of aryl methyl sites for hydroxylation is 1. The predicted molar refractivity (Wildman–Crippen MR) is 102 cm³/mol. The van der Waals surface area contributed by atoms with Gasteiger partial charge in [0.2, 0.25) is 10.0 Å². The Bertz CT molecular complexity index is 924. The Morgan fingerprint density at radius 3 is 2.42 bits per heavy atom. The molecule has 5 nitrogen and oxygen atoms in total. The molecule has 136 valence electrons. The maximum absolute atomic E-state index is 12.3. The molecule has 0 saturated carbocycles. The van der Waals surface area contributed by atoms with Crippen LogP contribution in [0.2, 0.25) is 0 Å². The van der Waals surface area contributed by atoms with Crippen LogP contribution in [0, 0.1) is 11.8 Å². The Labute approximate surface area is 154 Å². The van der Waals surface area contributed by atoms with Crippen LogP contribution in [0.5, 0.6) is 0 Å². The van der Waals surface area contributed by atoms with Gasteiger partial charge in [-0.15, -0.1) is 0 Å². The molecule has 2 rings (SSSR count). The number of carbonyl (C=O) groups is 1. The Morgan fingerprint density at radius 1 is 1.08 bits per heavy atom. The minimum absolute atomic E-state index is 0.0406. The van der Waals surface area contributed by atoms with Gasteiger partial charge in [0.1, 0.15) is 0 Å². The number of hydrogen-bond acceptors (Lipinski definition) is 3. The summed E-state index contributed by atoms with van der Waals surface area (Å²) in [5.41, 5.74) is 2.11. The summed E-state index contributed by atoms with van der Waals surface area (Å²) in [6, 6.07) is 13.8. The van der Waals surface area contributed by atoms with Crippen LogP contribution in [-0.2, 0) is 16.4 Å². The Kier molecular flexibility index (Phi) is 6.96. The fraction of sp³-hybridized carbons (Fsp3) is 0.250. The normalized spacial score (nSPS) is 10.7. The fourth-order valence-corrected chi connectivity index (χ4v) is 3.33. The van der Waals surface area contributed by atoms with E-state index in [1.165, 1.54) is 0 Å². The van der Waals surface area contributed by atoms with E-state index in [0.29, 0.717) is 11.1 Å². The summed E-state index contributed by atoms with van der Waals surface area (Å²) in [6.07, 6.45) is 1.93. The average Bonchev–Trinajstić information content (AvgIpc) is 2.65. The Hall–Kier alpha value is -2.62. The molecule has 0 bridgehead atoms. The third-order valence-electron chi connectivity index (χ3n) is 3.74. The Balaban J connectivity index is 2.06. The molecule has 0 spiro atoms. The summed E-state index contributed by atoms with van der Waals surface area (Å²) >= 11 is 0. The molecule has 0 atom stereocenters. The van der Waals surface area contributed by atoms with E-state index in [-0.39, 0.29) is 17.3 Å². The van der Waals surface area contributed by atoms with Gasteiger partial charge in [-0.2, -0.15) is 4.72 Å². The Morgan fingerprint density at radius 2 is 1.77 bits per heavy atom. The number of amides is 1. The molecule has 2 N–H and O–H groups in total. The van der Waals surface area contributed by atoms with Crippen LogP contribution in [-0.4, -0.2) is 27.9 Å². The van der Waals surface area contributed by atoms with Crippen molar-refractivity contribution in [1.29, 1.82) is 0 Å². The van der Waals surface area contributed by atoms with Crippen molar-refractivity contribution in [2.45, 2.75) is 24.7 Å². The van der Waals surface area contributed by atoms with E-state index < -0.39 is 10.0 Å². The van der Waals surface area contributed by atoms with E-state index in [1.807, 2.05) is 12.1 Å². The van der Waals surface area contributed by atoms with Crippen molar-refractivity contribution in [2.24, 2.45) is 0 Å². The lowest BCUT2D eigenvalue weighted by Gasteiger charge is -2.05. The molecule has 0 fully saturated rings. The fourth-order valence-electron chi connectivity index (χ4n) is 2.40. The summed E-state index contributed by atoms with van der Waals surface area (Å²) in [7, 11) is -2.06. The highest BCUT2D eigenvalue weighted by Crippen LogP contribution is 2.11. The van der Waals surface area contributed by atoms with Crippen molar-refractivity contribution in [3.05, 3.63) is 65.2 Å². The lowest BCUT2D eigenvalue weighted by Crippen LogP contribution is -2.24. The number of carbonyl (C=O) groups excluding carboxylic acids is 1. The highest BCUT2D eigenvalue weighted by Gasteiger charge is 2.12. The zero-order valence-corrected chi connectivity index (χ0v) is 15.7. The minimum atomic E-state index is -3.61. The average molecular weight is 370 g/mol. The van der Waals surface area contributed by atoms with Gasteiger partial charge in [-0.1, -0.05) is 49.5 Å². The van der Waals surface area contributed by atoms with Crippen LogP contribution < -0.4 is 10.0 Å². The van der Waals surface area contributed by atoms with Crippen LogP contribution in [0.1, 0.15) is 34.8 Å². The summed E-state index contributed by atoms with van der Waals surface area (Å²) in [6.45, 7) is 2.04. The number of benzene rings is 2. The molecule has 0 aromatic heterocycles. The van der Waals surface area contributed by atoms with E-state index in [0.717, 1.165) is 18.4 Å². The number of sulfonamides is 1. The van der Waals surface area contributed by atoms with Gasteiger partial charge in [0.25, 0.3) is 5.91 Å². The van der Waals surface area contributed by atoms with Gasteiger partial charge in [0.05, 0.1) is 17.0 Å². The first-order valence-corrected chi connectivity index (χ1v) is 9.85. The van der Waals surface area contributed by atoms with Crippen molar-refractivity contribution in [2.75, 3.05) is 13.6 Å². The van der Waals surface area contributed by atoms with Gasteiger partial charge in [-0.05, 0) is 36.2 Å². The van der Waals surface area contributed by atoms with Crippen LogP contribution >= 0.6 is 0 Å². The van der Waals surface area contributed by atoms with E-state index in [4.69, 9.17) is 0 Å². The molecular formula is C20H22N2O3S. The van der Waals surface area contributed by atoms with Crippen molar-refractivity contribution < 1.29 is 13.2 Å². The highest BCUT2D eigenvalue weighted by molar-refractivity contribution is 7.89. The topological polar surface area (TPSA) is 75.3 Å². The second-order valence-electron chi connectivity index (χ2n) is 5.64. The third-order valence-corrected chi connectivity index (χ3v) is 5.16. The molecule has 26 heavy (non-hydrogen) atoms. The molecule has 0 unspecified atom stereocenters. The number of rotatable bonds is 6. The monoisotopic (exact) mass is 370 g/mol. The standard InChI is InChI=1S/C20H22N2O3S/c1-3-7-16-11-13-18(14-12-16)26(24,25)22-15-6-9-17-8-4-5-10-19(17)20(23)21-2/h4-5,8,10-14,22H,3,7,15H2,1-2H3,(H,21,23). The molecule has 0 heterocycles. The van der Waals surface area contributed by atoms with Gasteiger partial charge < -0.3 is 5.32 Å². The molecule has 0 aliphatic heterocycles. The molecule has 2 aromatic rings. The van der Waals surface area contributed by atoms with Crippen molar-refractivity contribution in [1.82, 2.24) is 10.0 Å². The SMILES string of the molecule is CCCc1ccc(S(=O)(=O)NCC#Cc2ccccc2C(=O)NC)cc1. The maximum atomic E-state index is 12.3. The van der Waals surface area contributed by atoms with Gasteiger partial charge in [-0.25, -0.2) is 8.42 Å². The quantitative estimate of drug-likeness (QED) is 0.767. The summed E-state index contributed by atoms with van der Waals surface area (Å²) in [5, 5.41) is 2.55. The first-order valence-electron chi connectivity index (χ1n) is 8.36. The zero-order valence-electron chi connectivity index (χ0n) is 14.9. The lowest BCUT2D eigenvalue weighted by molar-refractivity contribution is 0.0963. The molecule has 0 aliphatic rings. The minimum Gasteiger partial charge on any atom is -0.355 e. The molecule has 2 aromatic carbocycles. The van der Waals surface area contributed by atoms with Crippen molar-refractivity contribution in [3.8, 4) is 11.8 Å². The summed E-state index contributed by atoms with van der Waals surface area (Å²) < 4.78 is 27.0. The van der Waals surface area contributed by atoms with Crippen molar-refractivity contribution in [3.63, 3.8) is 0 Å². The zero-order chi connectivity index (χ0) is 19.0. The second kappa shape index (κ2) is 9.18. The van der Waals surface area contributed by atoms with E-state index in [1.54, 1.807) is 43.4 Å². The van der Waals surface area contributed by atoms with Crippen molar-refractivity contribution >= 4 is 15.9 Å². The van der Waals surface area contributed by atoms with Crippen LogP contribution in [0.25, 0.3) is 0 Å². The summed E-state index contributed by atoms with van der Waals surface area (Å²) in [5.74, 6) is 5.37. The number of nitrogens with one attached hydrogen (secondary N) is 2. The van der Waals surface area contributed by atoms with E-state index >= 15 is 0 Å². The third kappa shape index (κ3) is 5.19.